The molecule has 0 aliphatic carbocycles. The number of fused-ring (bicyclic) bond motifs is 1. The first kappa shape index (κ1) is 18.7. The Morgan fingerprint density at radius 3 is 2.64 bits per heavy atom. The van der Waals surface area contributed by atoms with Crippen LogP contribution >= 0.6 is 0 Å². The molecule has 1 aliphatic heterocycles. The molecule has 7 nitrogen and oxygen atoms in total. The molecule has 2 aromatic rings. The number of carboxylic acid groups (broad SMARTS) is 2. The zero-order valence-electron chi connectivity index (χ0n) is 14.2. The topological polar surface area (TPSA) is 111 Å². The maximum absolute atomic E-state index is 11.3. The fourth-order valence-electron chi connectivity index (χ4n) is 3.04. The van der Waals surface area contributed by atoms with Gasteiger partial charge in [0.1, 0.15) is 11.7 Å². The van der Waals surface area contributed by atoms with Gasteiger partial charge in [-0.05, 0) is 44.0 Å². The highest BCUT2D eigenvalue weighted by atomic mass is 16.4. The van der Waals surface area contributed by atoms with Crippen molar-refractivity contribution in [2.75, 3.05) is 18.0 Å². The fourth-order valence-corrected chi connectivity index (χ4v) is 3.04. The van der Waals surface area contributed by atoms with Crippen molar-refractivity contribution in [1.29, 1.82) is 0 Å². The van der Waals surface area contributed by atoms with E-state index in [4.69, 9.17) is 9.90 Å². The number of aliphatic hydroxyl groups is 1. The van der Waals surface area contributed by atoms with Gasteiger partial charge >= 0.3 is 5.97 Å². The number of aromatic nitrogens is 1. The van der Waals surface area contributed by atoms with Crippen LogP contribution in [0.5, 0.6) is 0 Å². The Balaban J connectivity index is 0.000000701. The number of piperidine rings is 1. The highest BCUT2D eigenvalue weighted by Gasteiger charge is 2.33. The highest BCUT2D eigenvalue weighted by molar-refractivity contribution is 5.84. The maximum Gasteiger partial charge on any atom is 0.310 e. The Morgan fingerprint density at radius 1 is 1.32 bits per heavy atom. The Labute approximate surface area is 145 Å². The van der Waals surface area contributed by atoms with E-state index in [9.17, 15) is 15.0 Å². The Hall–Kier alpha value is -2.67. The molecule has 2 heterocycles. The maximum atomic E-state index is 11.3. The lowest BCUT2D eigenvalue weighted by Gasteiger charge is -2.35. The molecule has 1 aliphatic rings. The molecule has 0 saturated carbocycles. The van der Waals surface area contributed by atoms with Crippen LogP contribution in [0.1, 0.15) is 17.5 Å². The predicted molar refractivity (Wildman–Crippen MR) is 93.9 cm³/mol. The summed E-state index contributed by atoms with van der Waals surface area (Å²) in [5.74, 6) is -0.929. The van der Waals surface area contributed by atoms with Crippen LogP contribution in [0.15, 0.2) is 24.3 Å². The summed E-state index contributed by atoms with van der Waals surface area (Å²) < 4.78 is 0. The summed E-state index contributed by atoms with van der Waals surface area (Å²) in [6.07, 6.45) is -0.332. The lowest BCUT2D eigenvalue weighted by atomic mass is 9.94. The van der Waals surface area contributed by atoms with Gasteiger partial charge in [-0.2, -0.15) is 0 Å². The molecule has 3 N–H and O–H groups in total. The zero-order valence-corrected chi connectivity index (χ0v) is 14.2. The first-order valence-corrected chi connectivity index (χ1v) is 7.99. The van der Waals surface area contributed by atoms with Crippen LogP contribution in [-0.2, 0) is 9.59 Å². The minimum absolute atomic E-state index is 0.250. The highest BCUT2D eigenvalue weighted by Crippen LogP contribution is 2.27. The number of pyridine rings is 1. The van der Waals surface area contributed by atoms with E-state index in [0.717, 1.165) is 22.3 Å². The number of hydrogen-bond donors (Lipinski definition) is 3. The van der Waals surface area contributed by atoms with Crippen LogP contribution < -0.4 is 4.90 Å². The van der Waals surface area contributed by atoms with E-state index in [1.807, 2.05) is 30.0 Å². The molecular weight excluding hydrogens is 324 g/mol. The second-order valence-corrected chi connectivity index (χ2v) is 6.17. The summed E-state index contributed by atoms with van der Waals surface area (Å²) in [4.78, 5) is 26.2. The van der Waals surface area contributed by atoms with Gasteiger partial charge < -0.3 is 20.2 Å². The lowest BCUT2D eigenvalue weighted by molar-refractivity contribution is -0.146. The fraction of sp³-hybridized carbons (Fsp3) is 0.389. The molecule has 0 unspecified atom stereocenters. The summed E-state index contributed by atoms with van der Waals surface area (Å²) in [6.45, 7) is 4.76. The number of carbonyl (C=O) groups is 2. The number of rotatable bonds is 2. The van der Waals surface area contributed by atoms with Gasteiger partial charge in [0.15, 0.2) is 0 Å². The molecule has 0 spiro atoms. The number of aryl methyl sites for hydroxylation is 2. The second kappa shape index (κ2) is 7.94. The summed E-state index contributed by atoms with van der Waals surface area (Å²) in [5.41, 5.74) is 3.23. The summed E-state index contributed by atoms with van der Waals surface area (Å²) in [7, 11) is 0. The molecule has 134 valence electrons. The number of nitrogens with zero attached hydrogens (tertiary/aromatic N) is 2. The number of hydrogen-bond acceptors (Lipinski definition) is 5. The zero-order chi connectivity index (χ0) is 18.6. The van der Waals surface area contributed by atoms with Crippen LogP contribution in [0.25, 0.3) is 10.9 Å². The number of aliphatic carboxylic acids is 1. The molecule has 25 heavy (non-hydrogen) atoms. The third-order valence-corrected chi connectivity index (χ3v) is 4.38. The van der Waals surface area contributed by atoms with Crippen LogP contribution in [0.4, 0.5) is 5.82 Å². The number of benzene rings is 1. The quantitative estimate of drug-likeness (QED) is 0.711. The van der Waals surface area contributed by atoms with E-state index >= 15 is 0 Å². The van der Waals surface area contributed by atoms with Crippen molar-refractivity contribution in [1.82, 2.24) is 4.98 Å². The molecule has 1 fully saturated rings. The van der Waals surface area contributed by atoms with E-state index in [1.54, 1.807) is 0 Å². The van der Waals surface area contributed by atoms with Crippen LogP contribution in [-0.4, -0.2) is 51.9 Å². The molecule has 0 radical (unpaired) electrons. The number of carboxylic acids is 1. The SMILES string of the molecule is Cc1ccc2nc(N3CC[C@H](O)[C@@H](C(=O)O)C3)cc(C)c2c1.O=CO. The Kier molecular flexibility index (Phi) is 5.93. The Morgan fingerprint density at radius 2 is 2.00 bits per heavy atom. The lowest BCUT2D eigenvalue weighted by Crippen LogP contribution is -2.46. The summed E-state index contributed by atoms with van der Waals surface area (Å²) in [6, 6.07) is 8.13. The van der Waals surface area contributed by atoms with Gasteiger partial charge in [-0.15, -0.1) is 0 Å². The van der Waals surface area contributed by atoms with Crippen molar-refractivity contribution in [2.24, 2.45) is 5.92 Å². The van der Waals surface area contributed by atoms with E-state index in [2.05, 4.69) is 18.0 Å². The molecule has 0 bridgehead atoms. The standard InChI is InChI=1S/C17H20N2O3.CH2O2/c1-10-3-4-14-12(7-10)11(2)8-16(18-14)19-6-5-15(20)13(9-19)17(21)22;2-1-3/h3-4,7-8,13,15,20H,5-6,9H2,1-2H3,(H,21,22);1H,(H,2,3)/t13-,15-;/m0./s1. The van der Waals surface area contributed by atoms with Gasteiger partial charge in [0.05, 0.1) is 11.6 Å². The summed E-state index contributed by atoms with van der Waals surface area (Å²) in [5, 5.41) is 27.1. The van der Waals surface area contributed by atoms with Crippen molar-refractivity contribution >= 4 is 29.2 Å². The van der Waals surface area contributed by atoms with Crippen molar-refractivity contribution < 1.29 is 24.9 Å². The first-order chi connectivity index (χ1) is 11.9. The van der Waals surface area contributed by atoms with Gasteiger partial charge in [0.25, 0.3) is 6.47 Å². The number of anilines is 1. The third-order valence-electron chi connectivity index (χ3n) is 4.38. The van der Waals surface area contributed by atoms with E-state index in [0.29, 0.717) is 19.5 Å². The molecule has 1 aromatic heterocycles. The van der Waals surface area contributed by atoms with Crippen molar-refractivity contribution in [3.63, 3.8) is 0 Å². The first-order valence-electron chi connectivity index (χ1n) is 7.99. The average Bonchev–Trinajstić information content (AvgIpc) is 2.56. The van der Waals surface area contributed by atoms with Gasteiger partial charge in [0.2, 0.25) is 0 Å². The monoisotopic (exact) mass is 346 g/mol. The molecule has 7 heteroatoms. The second-order valence-electron chi connectivity index (χ2n) is 6.17. The minimum Gasteiger partial charge on any atom is -0.483 e. The summed E-state index contributed by atoms with van der Waals surface area (Å²) >= 11 is 0. The van der Waals surface area contributed by atoms with Gasteiger partial charge in [-0.3, -0.25) is 9.59 Å². The molecular formula is C18H22N2O5. The molecule has 1 aromatic carbocycles. The van der Waals surface area contributed by atoms with Crippen LogP contribution in [0, 0.1) is 19.8 Å². The minimum atomic E-state index is -0.953. The molecule has 0 amide bonds. The van der Waals surface area contributed by atoms with Gasteiger partial charge in [-0.1, -0.05) is 11.6 Å². The molecule has 1 saturated heterocycles. The third kappa shape index (κ3) is 4.24. The van der Waals surface area contributed by atoms with E-state index in [-0.39, 0.29) is 6.47 Å². The van der Waals surface area contributed by atoms with Crippen LogP contribution in [0.3, 0.4) is 0 Å². The molecule has 3 rings (SSSR count). The normalized spacial score (nSPS) is 19.9. The molecule has 2 atom stereocenters. The van der Waals surface area contributed by atoms with Crippen molar-refractivity contribution in [2.45, 2.75) is 26.4 Å². The largest absolute Gasteiger partial charge is 0.483 e. The average molecular weight is 346 g/mol. The predicted octanol–water partition coefficient (Wildman–Crippen LogP) is 1.82. The van der Waals surface area contributed by atoms with Gasteiger partial charge in [-0.25, -0.2) is 4.98 Å². The smallest absolute Gasteiger partial charge is 0.310 e. The van der Waals surface area contributed by atoms with Crippen molar-refractivity contribution in [3.8, 4) is 0 Å². The van der Waals surface area contributed by atoms with E-state index in [1.165, 1.54) is 5.56 Å². The number of aliphatic hydroxyl groups excluding tert-OH is 1. The van der Waals surface area contributed by atoms with Crippen molar-refractivity contribution in [3.05, 3.63) is 35.4 Å². The van der Waals surface area contributed by atoms with Gasteiger partial charge in [0, 0.05) is 18.5 Å². The Bertz CT molecular complexity index is 777. The van der Waals surface area contributed by atoms with E-state index < -0.39 is 18.0 Å². The van der Waals surface area contributed by atoms with Crippen LogP contribution in [0.2, 0.25) is 0 Å².